The Hall–Kier alpha value is -1.43. The van der Waals surface area contributed by atoms with Crippen molar-refractivity contribution in [2.45, 2.75) is 169 Å². The molecule has 7 unspecified atom stereocenters. The molecule has 320 valence electrons. The van der Waals surface area contributed by atoms with Crippen molar-refractivity contribution < 1.29 is 89.4 Å². The fraction of sp³-hybridized carbons (Fsp3) is 0.921. The third-order valence-electron chi connectivity index (χ3n) is 15.0. The maximum absolute atomic E-state index is 14.1. The molecule has 3 aliphatic heterocycles. The molecule has 18 heteroatoms. The van der Waals surface area contributed by atoms with Gasteiger partial charge in [0.25, 0.3) is 0 Å². The van der Waals surface area contributed by atoms with E-state index in [-0.39, 0.29) is 22.7 Å². The Morgan fingerprint density at radius 3 is 1.82 bits per heavy atom. The first kappa shape index (κ1) is 42.7. The number of carbonyl (C=O) groups is 1. The molecule has 18 nitrogen and oxygen atoms in total. The highest BCUT2D eigenvalue weighted by atomic mass is 16.8. The molecule has 0 aromatic heterocycles. The average Bonchev–Trinajstić information content (AvgIpc) is 3.37. The Kier molecular flexibility index (Phi) is 11.9. The van der Waals surface area contributed by atoms with Gasteiger partial charge in [0, 0.05) is 0 Å². The minimum Gasteiger partial charge on any atom is -0.432 e. The van der Waals surface area contributed by atoms with E-state index in [9.17, 15) is 61.0 Å². The predicted molar refractivity (Wildman–Crippen MR) is 186 cm³/mol. The van der Waals surface area contributed by atoms with Crippen LogP contribution >= 0.6 is 0 Å². The fourth-order valence-corrected chi connectivity index (χ4v) is 12.0. The highest BCUT2D eigenvalue weighted by Crippen LogP contribution is 2.73. The van der Waals surface area contributed by atoms with Gasteiger partial charge in [-0.3, -0.25) is 4.79 Å². The highest BCUT2D eigenvalue weighted by Gasteiger charge is 2.69. The van der Waals surface area contributed by atoms with E-state index in [1.54, 1.807) is 0 Å². The lowest BCUT2D eigenvalue weighted by Gasteiger charge is -2.64. The monoisotopic (exact) mass is 804 g/mol. The highest BCUT2D eigenvalue weighted by molar-refractivity contribution is 5.77. The molecule has 7 rings (SSSR count). The summed E-state index contributed by atoms with van der Waals surface area (Å²) in [4.78, 5) is 14.1. The second-order valence-electron chi connectivity index (χ2n) is 18.0. The summed E-state index contributed by atoms with van der Waals surface area (Å²) in [6.45, 7) is 6.52. The first-order valence-electron chi connectivity index (χ1n) is 19.9. The molecule has 11 N–H and O–H groups in total. The zero-order valence-corrected chi connectivity index (χ0v) is 31.8. The first-order chi connectivity index (χ1) is 26.4. The molecule has 1 spiro atoms. The van der Waals surface area contributed by atoms with Gasteiger partial charge in [0.1, 0.15) is 73.2 Å². The number of fused-ring (bicyclic) bond motifs is 3. The number of carbonyl (C=O) groups excluding carboxylic acids is 1. The van der Waals surface area contributed by atoms with Crippen LogP contribution in [0.5, 0.6) is 0 Å². The zero-order chi connectivity index (χ0) is 40.7. The lowest BCUT2D eigenvalue weighted by atomic mass is 9.41. The van der Waals surface area contributed by atoms with Gasteiger partial charge in [-0.15, -0.1) is 0 Å². The Morgan fingerprint density at radius 1 is 0.679 bits per heavy atom. The van der Waals surface area contributed by atoms with Gasteiger partial charge in [-0.2, -0.15) is 0 Å². The quantitative estimate of drug-likeness (QED) is 0.0631. The molecule has 21 atom stereocenters. The molecule has 3 saturated heterocycles. The summed E-state index contributed by atoms with van der Waals surface area (Å²) in [7, 11) is 0. The summed E-state index contributed by atoms with van der Waals surface area (Å²) in [6.07, 6.45) is -17.8. The Labute approximate surface area is 324 Å². The van der Waals surface area contributed by atoms with Gasteiger partial charge in [-0.05, 0) is 86.5 Å². The van der Waals surface area contributed by atoms with Crippen LogP contribution in [0, 0.1) is 28.1 Å². The number of esters is 1. The van der Waals surface area contributed by atoms with Crippen molar-refractivity contribution in [1.29, 1.82) is 0 Å². The number of hydrogen-bond donors (Lipinski definition) is 11. The average molecular weight is 805 g/mol. The van der Waals surface area contributed by atoms with E-state index in [1.807, 2.05) is 6.92 Å². The van der Waals surface area contributed by atoms with E-state index in [0.717, 1.165) is 18.4 Å². The van der Waals surface area contributed by atoms with Crippen molar-refractivity contribution in [3.63, 3.8) is 0 Å². The Balaban J connectivity index is 1.10. The SMILES string of the molecule is C=C1C[C@@]23CC[C@H]4[C@@](C)(CCC[C@@]4(C)C(=O)O[C@@H]4OC(CO)[C@@H](O)[C@H](O)C4O)[C@@H]2CC[C@]1(O[C@@H]1O[C@H](CO)C(O)C(O)[C@H]1O[C@@H]1OC(CO)[C@@H](O)C(O)C1O)C3. The molecule has 3 heterocycles. The Bertz CT molecular complexity index is 1450. The maximum atomic E-state index is 14.1. The van der Waals surface area contributed by atoms with Gasteiger partial charge in [0.15, 0.2) is 12.6 Å². The standard InChI is InChI=1S/C38H60O18/c1-16-11-37-9-5-20-35(2,7-4-8-36(20,3)34(50)55-32-29(49)26(46)23(43)18(13-40)52-32)21(37)6-10-38(16,15-37)56-33-30(27(47)24(44)19(14-41)53-33)54-31-28(48)25(45)22(42)17(12-39)51-31/h17-33,39-49H,1,4-15H2,2-3H3/t17?,18?,19-,20+,21+,22-,23-,24?,25?,26+,27?,28?,29?,30-,31+,32+,33+,35-,36-,37-,38+/m1/s1. The molecule has 7 aliphatic rings. The maximum Gasteiger partial charge on any atom is 0.314 e. The van der Waals surface area contributed by atoms with E-state index in [1.165, 1.54) is 0 Å². The number of hydrogen-bond acceptors (Lipinski definition) is 18. The van der Waals surface area contributed by atoms with Gasteiger partial charge in [-0.1, -0.05) is 19.9 Å². The molecule has 4 aliphatic carbocycles. The molecule has 4 saturated carbocycles. The number of ether oxygens (including phenoxy) is 6. The van der Waals surface area contributed by atoms with Gasteiger partial charge >= 0.3 is 5.97 Å². The molecular formula is C38H60O18. The number of aliphatic hydroxyl groups is 11. The second-order valence-corrected chi connectivity index (χ2v) is 18.0. The molecular weight excluding hydrogens is 744 g/mol. The number of aliphatic hydroxyl groups excluding tert-OH is 11. The van der Waals surface area contributed by atoms with Crippen LogP contribution in [0.15, 0.2) is 12.2 Å². The minimum absolute atomic E-state index is 0.121. The lowest BCUT2D eigenvalue weighted by Crippen LogP contribution is -2.65. The van der Waals surface area contributed by atoms with Crippen molar-refractivity contribution >= 4 is 5.97 Å². The van der Waals surface area contributed by atoms with Gasteiger partial charge in [0.05, 0.1) is 30.8 Å². The van der Waals surface area contributed by atoms with E-state index >= 15 is 0 Å². The normalized spacial score (nSPS) is 54.6. The summed E-state index contributed by atoms with van der Waals surface area (Å²) in [5.74, 6) is -0.591. The van der Waals surface area contributed by atoms with Gasteiger partial charge in [0.2, 0.25) is 6.29 Å². The predicted octanol–water partition coefficient (Wildman–Crippen LogP) is -2.94. The summed E-state index contributed by atoms with van der Waals surface area (Å²) in [6, 6.07) is 0. The summed E-state index contributed by atoms with van der Waals surface area (Å²) >= 11 is 0. The summed E-state index contributed by atoms with van der Waals surface area (Å²) in [5.41, 5.74) is -1.80. The molecule has 0 radical (unpaired) electrons. The molecule has 56 heavy (non-hydrogen) atoms. The smallest absolute Gasteiger partial charge is 0.314 e. The third kappa shape index (κ3) is 6.69. The molecule has 0 aromatic rings. The van der Waals surface area contributed by atoms with Crippen molar-refractivity contribution in [3.8, 4) is 0 Å². The summed E-state index contributed by atoms with van der Waals surface area (Å²) in [5, 5.41) is 114. The third-order valence-corrected chi connectivity index (χ3v) is 15.0. The van der Waals surface area contributed by atoms with Crippen LogP contribution in [0.25, 0.3) is 0 Å². The molecule has 2 bridgehead atoms. The van der Waals surface area contributed by atoms with Crippen LogP contribution in [-0.4, -0.2) is 180 Å². The van der Waals surface area contributed by atoms with E-state index in [2.05, 4.69) is 13.5 Å². The van der Waals surface area contributed by atoms with Crippen molar-refractivity contribution in [2.24, 2.45) is 28.1 Å². The van der Waals surface area contributed by atoms with Crippen LogP contribution in [-0.2, 0) is 33.2 Å². The van der Waals surface area contributed by atoms with Crippen molar-refractivity contribution in [1.82, 2.24) is 0 Å². The zero-order valence-electron chi connectivity index (χ0n) is 31.8. The van der Waals surface area contributed by atoms with Gasteiger partial charge < -0.3 is 84.6 Å². The van der Waals surface area contributed by atoms with Crippen LogP contribution < -0.4 is 0 Å². The lowest BCUT2D eigenvalue weighted by molar-refractivity contribution is -0.378. The van der Waals surface area contributed by atoms with Crippen LogP contribution in [0.2, 0.25) is 0 Å². The van der Waals surface area contributed by atoms with Crippen molar-refractivity contribution in [2.75, 3.05) is 19.8 Å². The molecule has 0 amide bonds. The minimum atomic E-state index is -1.81. The summed E-state index contributed by atoms with van der Waals surface area (Å²) < 4.78 is 35.6. The second kappa shape index (κ2) is 15.6. The first-order valence-corrected chi connectivity index (χ1v) is 19.9. The van der Waals surface area contributed by atoms with Crippen molar-refractivity contribution in [3.05, 3.63) is 12.2 Å². The molecule has 7 fully saturated rings. The number of rotatable bonds is 9. The Morgan fingerprint density at radius 2 is 1.21 bits per heavy atom. The van der Waals surface area contributed by atoms with E-state index in [4.69, 9.17) is 28.4 Å². The fourth-order valence-electron chi connectivity index (χ4n) is 12.0. The van der Waals surface area contributed by atoms with Crippen LogP contribution in [0.3, 0.4) is 0 Å². The topological polar surface area (TPSA) is 295 Å². The van der Waals surface area contributed by atoms with Crippen LogP contribution in [0.1, 0.15) is 71.6 Å². The molecule has 0 aromatic carbocycles. The van der Waals surface area contributed by atoms with Crippen LogP contribution in [0.4, 0.5) is 0 Å². The van der Waals surface area contributed by atoms with E-state index in [0.29, 0.717) is 44.9 Å². The van der Waals surface area contributed by atoms with E-state index < -0.39 is 129 Å². The van der Waals surface area contributed by atoms with Gasteiger partial charge in [-0.25, -0.2) is 0 Å². The largest absolute Gasteiger partial charge is 0.432 e.